The molecule has 7 nitrogen and oxygen atoms in total. The molecule has 1 aromatic carbocycles. The minimum absolute atomic E-state index is 0.672. The van der Waals surface area contributed by atoms with Crippen molar-refractivity contribution in [3.63, 3.8) is 0 Å². The smallest absolute Gasteiger partial charge is 0.191 e. The van der Waals surface area contributed by atoms with E-state index in [9.17, 15) is 0 Å². The first-order valence-electron chi connectivity index (χ1n) is 8.36. The molecule has 3 aromatic rings. The molecule has 2 N–H and O–H groups in total. The Kier molecular flexibility index (Phi) is 5.82. The zero-order valence-electron chi connectivity index (χ0n) is 14.3. The molecule has 0 spiro atoms. The van der Waals surface area contributed by atoms with Gasteiger partial charge < -0.3 is 10.6 Å². The largest absolute Gasteiger partial charge is 0.356 e. The van der Waals surface area contributed by atoms with Gasteiger partial charge in [0.1, 0.15) is 0 Å². The molecule has 3 rings (SSSR count). The van der Waals surface area contributed by atoms with Crippen molar-refractivity contribution in [2.24, 2.45) is 4.99 Å². The van der Waals surface area contributed by atoms with Crippen LogP contribution in [0.25, 0.3) is 5.69 Å². The molecule has 0 atom stereocenters. The van der Waals surface area contributed by atoms with Crippen LogP contribution in [-0.2, 0) is 13.1 Å². The van der Waals surface area contributed by atoms with Gasteiger partial charge in [-0.3, -0.25) is 9.67 Å². The number of para-hydroxylation sites is 1. The minimum Gasteiger partial charge on any atom is -0.356 e. The maximum Gasteiger partial charge on any atom is 0.191 e. The van der Waals surface area contributed by atoms with Crippen LogP contribution in [0, 0.1) is 0 Å². The van der Waals surface area contributed by atoms with Crippen LogP contribution in [0.3, 0.4) is 0 Å². The summed E-state index contributed by atoms with van der Waals surface area (Å²) in [5, 5.41) is 15.2. The van der Waals surface area contributed by atoms with E-state index in [1.165, 1.54) is 0 Å². The van der Waals surface area contributed by atoms with Crippen molar-refractivity contribution in [1.82, 2.24) is 30.2 Å². The highest BCUT2D eigenvalue weighted by Gasteiger charge is 2.02. The second-order valence-corrected chi connectivity index (χ2v) is 5.60. The fourth-order valence-corrected chi connectivity index (χ4v) is 2.46. The molecule has 25 heavy (non-hydrogen) atoms. The molecule has 0 saturated heterocycles. The molecule has 0 aliphatic heterocycles. The summed E-state index contributed by atoms with van der Waals surface area (Å²) in [7, 11) is 1.77. The summed E-state index contributed by atoms with van der Waals surface area (Å²) in [6.07, 6.45) is 8.63. The third-order valence-corrected chi connectivity index (χ3v) is 3.76. The SMILES string of the molecule is CN=C(NCCCn1cccn1)NCc1cnn(-c2ccccc2)c1. The molecule has 2 aromatic heterocycles. The number of aromatic nitrogens is 4. The first-order valence-corrected chi connectivity index (χ1v) is 8.36. The summed E-state index contributed by atoms with van der Waals surface area (Å²) in [6.45, 7) is 2.40. The predicted octanol–water partition coefficient (Wildman–Crippen LogP) is 1.82. The number of benzene rings is 1. The van der Waals surface area contributed by atoms with Crippen LogP contribution in [0.15, 0.2) is 66.2 Å². The van der Waals surface area contributed by atoms with E-state index in [-0.39, 0.29) is 0 Å². The van der Waals surface area contributed by atoms with Crippen LogP contribution < -0.4 is 10.6 Å². The van der Waals surface area contributed by atoms with E-state index in [2.05, 4.69) is 25.8 Å². The van der Waals surface area contributed by atoms with Crippen LogP contribution in [-0.4, -0.2) is 39.1 Å². The molecule has 0 unspecified atom stereocenters. The Hall–Kier alpha value is -3.09. The van der Waals surface area contributed by atoms with Gasteiger partial charge in [-0.05, 0) is 24.6 Å². The summed E-state index contributed by atoms with van der Waals surface area (Å²) >= 11 is 0. The highest BCUT2D eigenvalue weighted by atomic mass is 15.3. The van der Waals surface area contributed by atoms with Crippen LogP contribution in [0.1, 0.15) is 12.0 Å². The zero-order valence-corrected chi connectivity index (χ0v) is 14.3. The lowest BCUT2D eigenvalue weighted by Crippen LogP contribution is -2.37. The Labute approximate surface area is 147 Å². The number of hydrogen-bond donors (Lipinski definition) is 2. The number of aliphatic imine (C=N–C) groups is 1. The number of aryl methyl sites for hydroxylation is 1. The number of guanidine groups is 1. The quantitative estimate of drug-likeness (QED) is 0.392. The van der Waals surface area contributed by atoms with Gasteiger partial charge in [0, 0.05) is 50.8 Å². The number of rotatable bonds is 7. The van der Waals surface area contributed by atoms with Crippen LogP contribution >= 0.6 is 0 Å². The van der Waals surface area contributed by atoms with Gasteiger partial charge in [0.2, 0.25) is 0 Å². The lowest BCUT2D eigenvalue weighted by atomic mass is 10.3. The topological polar surface area (TPSA) is 72.1 Å². The first kappa shape index (κ1) is 16.8. The fourth-order valence-electron chi connectivity index (χ4n) is 2.46. The van der Waals surface area contributed by atoms with E-state index >= 15 is 0 Å². The molecule has 130 valence electrons. The lowest BCUT2D eigenvalue weighted by Gasteiger charge is -2.11. The summed E-state index contributed by atoms with van der Waals surface area (Å²) in [4.78, 5) is 4.25. The molecule has 0 aliphatic carbocycles. The summed E-state index contributed by atoms with van der Waals surface area (Å²) in [5.74, 6) is 0.785. The maximum absolute atomic E-state index is 4.40. The van der Waals surface area contributed by atoms with Crippen molar-refractivity contribution >= 4 is 5.96 Å². The van der Waals surface area contributed by atoms with Crippen LogP contribution in [0.2, 0.25) is 0 Å². The highest BCUT2D eigenvalue weighted by molar-refractivity contribution is 5.79. The molecule has 2 heterocycles. The molecule has 7 heteroatoms. The van der Waals surface area contributed by atoms with Gasteiger partial charge in [0.25, 0.3) is 0 Å². The van der Waals surface area contributed by atoms with E-state index in [0.29, 0.717) is 6.54 Å². The first-order chi connectivity index (χ1) is 12.3. The standard InChI is InChI=1S/C18H23N7/c1-19-18(20-9-5-11-24-12-6-10-22-24)21-13-16-14-23-25(15-16)17-7-3-2-4-8-17/h2-4,6-8,10,12,14-15H,5,9,11,13H2,1H3,(H2,19,20,21). The van der Waals surface area contributed by atoms with Gasteiger partial charge in [-0.25, -0.2) is 4.68 Å². The van der Waals surface area contributed by atoms with Gasteiger partial charge in [-0.1, -0.05) is 18.2 Å². The summed E-state index contributed by atoms with van der Waals surface area (Å²) < 4.78 is 3.80. The van der Waals surface area contributed by atoms with E-state index in [4.69, 9.17) is 0 Å². The third kappa shape index (κ3) is 4.94. The Bertz CT molecular complexity index is 775. The van der Waals surface area contributed by atoms with Crippen molar-refractivity contribution in [1.29, 1.82) is 0 Å². The Morgan fingerprint density at radius 3 is 2.76 bits per heavy atom. The minimum atomic E-state index is 0.672. The normalized spacial score (nSPS) is 11.5. The second-order valence-electron chi connectivity index (χ2n) is 5.60. The Morgan fingerprint density at radius 2 is 2.00 bits per heavy atom. The highest BCUT2D eigenvalue weighted by Crippen LogP contribution is 2.07. The average Bonchev–Trinajstić information content (AvgIpc) is 3.34. The number of nitrogens with one attached hydrogen (secondary N) is 2. The zero-order chi connectivity index (χ0) is 17.3. The van der Waals surface area contributed by atoms with Gasteiger partial charge in [0.15, 0.2) is 5.96 Å². The molecule has 0 aliphatic rings. The molecule has 0 amide bonds. The van der Waals surface area contributed by atoms with Crippen molar-refractivity contribution in [3.8, 4) is 5.69 Å². The molecule has 0 saturated carbocycles. The van der Waals surface area contributed by atoms with E-state index < -0.39 is 0 Å². The van der Waals surface area contributed by atoms with Crippen LogP contribution in [0.4, 0.5) is 0 Å². The Balaban J connectivity index is 1.43. The van der Waals surface area contributed by atoms with Gasteiger partial charge in [0.05, 0.1) is 11.9 Å². The predicted molar refractivity (Wildman–Crippen MR) is 98.6 cm³/mol. The van der Waals surface area contributed by atoms with E-state index in [1.54, 1.807) is 13.2 Å². The Morgan fingerprint density at radius 1 is 1.12 bits per heavy atom. The summed E-state index contributed by atoms with van der Waals surface area (Å²) in [5.41, 5.74) is 2.15. The molecular weight excluding hydrogens is 314 g/mol. The molecule has 0 bridgehead atoms. The van der Waals surface area contributed by atoms with Crippen molar-refractivity contribution in [2.45, 2.75) is 19.5 Å². The lowest BCUT2D eigenvalue weighted by molar-refractivity contribution is 0.570. The number of nitrogens with zero attached hydrogens (tertiary/aromatic N) is 5. The van der Waals surface area contributed by atoms with Crippen molar-refractivity contribution in [3.05, 3.63) is 66.7 Å². The third-order valence-electron chi connectivity index (χ3n) is 3.76. The van der Waals surface area contributed by atoms with Gasteiger partial charge >= 0.3 is 0 Å². The van der Waals surface area contributed by atoms with Crippen LogP contribution in [0.5, 0.6) is 0 Å². The monoisotopic (exact) mass is 337 g/mol. The van der Waals surface area contributed by atoms with Gasteiger partial charge in [-0.15, -0.1) is 0 Å². The maximum atomic E-state index is 4.40. The molecule has 0 fully saturated rings. The second kappa shape index (κ2) is 8.68. The van der Waals surface area contributed by atoms with E-state index in [1.807, 2.05) is 64.4 Å². The average molecular weight is 337 g/mol. The fraction of sp³-hybridized carbons (Fsp3) is 0.278. The van der Waals surface area contributed by atoms with E-state index in [0.717, 1.165) is 36.7 Å². The van der Waals surface area contributed by atoms with Gasteiger partial charge in [-0.2, -0.15) is 10.2 Å². The van der Waals surface area contributed by atoms with Crippen molar-refractivity contribution in [2.75, 3.05) is 13.6 Å². The molecule has 0 radical (unpaired) electrons. The number of hydrogen-bond acceptors (Lipinski definition) is 3. The summed E-state index contributed by atoms with van der Waals surface area (Å²) in [6, 6.07) is 12.0. The van der Waals surface area contributed by atoms with Crippen molar-refractivity contribution < 1.29 is 0 Å². The molecular formula is C18H23N7.